The summed E-state index contributed by atoms with van der Waals surface area (Å²) in [7, 11) is 0. The first kappa shape index (κ1) is 34.9. The van der Waals surface area contributed by atoms with Gasteiger partial charge in [0.25, 0.3) is 0 Å². The molecule has 14 heteroatoms. The lowest BCUT2D eigenvalue weighted by atomic mass is 10.2. The topological polar surface area (TPSA) is 193 Å². The van der Waals surface area contributed by atoms with Crippen LogP contribution in [0.15, 0.2) is 75.0 Å². The highest BCUT2D eigenvalue weighted by Crippen LogP contribution is 2.20. The number of aryl methyl sites for hydroxylation is 2. The molecule has 242 valence electrons. The summed E-state index contributed by atoms with van der Waals surface area (Å²) in [4.78, 5) is 31.9. The van der Waals surface area contributed by atoms with Crippen molar-refractivity contribution in [3.63, 3.8) is 0 Å². The van der Waals surface area contributed by atoms with E-state index in [-0.39, 0.29) is 35.7 Å². The Hall–Kier alpha value is -5.58. The van der Waals surface area contributed by atoms with Crippen LogP contribution in [-0.4, -0.2) is 45.9 Å². The van der Waals surface area contributed by atoms with E-state index in [1.165, 1.54) is 36.8 Å². The van der Waals surface area contributed by atoms with Crippen LogP contribution in [0.5, 0.6) is 0 Å². The zero-order valence-corrected chi connectivity index (χ0v) is 25.0. The summed E-state index contributed by atoms with van der Waals surface area (Å²) in [6.07, 6.45) is 6.59. The molecule has 0 aliphatic rings. The lowest BCUT2D eigenvalue weighted by molar-refractivity contribution is -0.121. The number of amides is 2. The van der Waals surface area contributed by atoms with Gasteiger partial charge in [0.1, 0.15) is 30.0 Å². The monoisotopic (exact) mass is 635 g/mol. The molecule has 12 nitrogen and oxygen atoms in total. The van der Waals surface area contributed by atoms with Gasteiger partial charge in [-0.3, -0.25) is 9.59 Å². The fourth-order valence-corrected chi connectivity index (χ4v) is 3.90. The van der Waals surface area contributed by atoms with E-state index in [0.717, 1.165) is 0 Å². The smallest absolute Gasteiger partial charge is 0.226 e. The molecule has 0 fully saturated rings. The number of halogens is 2. The highest BCUT2D eigenvalue weighted by Gasteiger charge is 2.10. The molecular formula is C32H35F2N7O5. The van der Waals surface area contributed by atoms with Crippen molar-refractivity contribution in [2.75, 3.05) is 13.1 Å². The molecule has 2 aromatic carbocycles. The molecule has 4 rings (SSSR count). The number of aromatic nitrogens is 2. The minimum Gasteiger partial charge on any atom is -0.444 e. The molecule has 46 heavy (non-hydrogen) atoms. The van der Waals surface area contributed by atoms with Crippen molar-refractivity contribution in [2.24, 2.45) is 10.9 Å². The molecule has 0 saturated carbocycles. The van der Waals surface area contributed by atoms with Gasteiger partial charge in [0, 0.05) is 62.7 Å². The van der Waals surface area contributed by atoms with Gasteiger partial charge < -0.3 is 30.4 Å². The van der Waals surface area contributed by atoms with Crippen molar-refractivity contribution >= 4 is 17.6 Å². The van der Waals surface area contributed by atoms with Crippen LogP contribution in [0.25, 0.3) is 22.9 Å². The molecule has 2 heterocycles. The number of hydrogen-bond acceptors (Lipinski definition) is 9. The van der Waals surface area contributed by atoms with Crippen molar-refractivity contribution in [1.29, 1.82) is 5.26 Å². The van der Waals surface area contributed by atoms with E-state index in [0.29, 0.717) is 92.3 Å². The molecule has 0 saturated heterocycles. The van der Waals surface area contributed by atoms with E-state index in [1.807, 2.05) is 6.07 Å². The number of oxime groups is 1. The summed E-state index contributed by atoms with van der Waals surface area (Å²) in [6, 6.07) is 13.7. The average molecular weight is 636 g/mol. The highest BCUT2D eigenvalue weighted by molar-refractivity contribution is 5.79. The Kier molecular flexibility index (Phi) is 14.4. The minimum atomic E-state index is -0.325. The number of nitrogens with zero attached hydrogens (tertiary/aromatic N) is 4. The van der Waals surface area contributed by atoms with E-state index in [1.54, 1.807) is 24.3 Å². The Morgan fingerprint density at radius 3 is 1.70 bits per heavy atom. The first-order valence-corrected chi connectivity index (χ1v) is 14.5. The molecule has 0 unspecified atom stereocenters. The molecule has 5 N–H and O–H groups in total. The molecule has 0 aliphatic carbocycles. The largest absolute Gasteiger partial charge is 0.444 e. The van der Waals surface area contributed by atoms with Crippen molar-refractivity contribution in [1.82, 2.24) is 20.6 Å². The summed E-state index contributed by atoms with van der Waals surface area (Å²) in [5, 5.41) is 25.1. The molecule has 2 amide bonds. The van der Waals surface area contributed by atoms with Crippen LogP contribution in [0.4, 0.5) is 8.78 Å². The summed E-state index contributed by atoms with van der Waals surface area (Å²) < 4.78 is 36.4. The second-order valence-electron chi connectivity index (χ2n) is 9.96. The molecular weight excluding hydrogens is 600 g/mol. The standard InChI is InChI=1S/C16H19FN4O3.C16H16FN3O2/c17-12-5-3-11(4-6-12)16-20-13(10-24-16)7-8-15(22)19-9-1-2-14(18)21-23;17-13-5-3-12(4-6-13)16-20-14(11-22-16)7-8-15(21)19-10-2-1-9-18/h3-6,10,23H,1-2,7-9H2,(H2,18,21)(H,19,22);3-6,11H,1-2,7-8,10H2,(H,19,21). The second kappa shape index (κ2) is 18.9. The third-order valence-electron chi connectivity index (χ3n) is 6.35. The van der Waals surface area contributed by atoms with Gasteiger partial charge in [-0.25, -0.2) is 18.7 Å². The Balaban J connectivity index is 0.000000251. The maximum atomic E-state index is 12.9. The molecule has 0 aliphatic heterocycles. The summed E-state index contributed by atoms with van der Waals surface area (Å²) >= 11 is 0. The number of carbonyl (C=O) groups is 2. The van der Waals surface area contributed by atoms with Crippen molar-refractivity contribution < 1.29 is 32.4 Å². The molecule has 0 bridgehead atoms. The van der Waals surface area contributed by atoms with Gasteiger partial charge in [-0.05, 0) is 61.4 Å². The number of hydrogen-bond donors (Lipinski definition) is 4. The summed E-state index contributed by atoms with van der Waals surface area (Å²) in [6.45, 7) is 0.959. The Labute approximate surface area is 264 Å². The second-order valence-corrected chi connectivity index (χ2v) is 9.96. The summed E-state index contributed by atoms with van der Waals surface area (Å²) in [5.41, 5.74) is 8.02. The Bertz CT molecular complexity index is 1600. The fourth-order valence-electron chi connectivity index (χ4n) is 3.90. The number of amidine groups is 1. The molecule has 2 aromatic heterocycles. The summed E-state index contributed by atoms with van der Waals surface area (Å²) in [5.74, 6) is 0.108. The van der Waals surface area contributed by atoms with Crippen LogP contribution in [-0.2, 0) is 22.4 Å². The number of nitriles is 1. The van der Waals surface area contributed by atoms with Crippen LogP contribution in [0.1, 0.15) is 49.9 Å². The highest BCUT2D eigenvalue weighted by atomic mass is 19.1. The zero-order chi connectivity index (χ0) is 33.1. The van der Waals surface area contributed by atoms with Gasteiger partial charge in [0.2, 0.25) is 23.6 Å². The number of rotatable bonds is 15. The van der Waals surface area contributed by atoms with Gasteiger partial charge in [-0.1, -0.05) is 5.16 Å². The predicted molar refractivity (Wildman–Crippen MR) is 164 cm³/mol. The van der Waals surface area contributed by atoms with E-state index < -0.39 is 0 Å². The Morgan fingerprint density at radius 1 is 0.804 bits per heavy atom. The lowest BCUT2D eigenvalue weighted by Crippen LogP contribution is -2.25. The van der Waals surface area contributed by atoms with Crippen LogP contribution in [0.2, 0.25) is 0 Å². The van der Waals surface area contributed by atoms with Crippen LogP contribution < -0.4 is 16.4 Å². The van der Waals surface area contributed by atoms with Gasteiger partial charge in [-0.15, -0.1) is 0 Å². The average Bonchev–Trinajstić information content (AvgIpc) is 3.74. The third kappa shape index (κ3) is 12.6. The molecule has 0 radical (unpaired) electrons. The first-order chi connectivity index (χ1) is 22.3. The fraction of sp³-hybridized carbons (Fsp3) is 0.312. The normalized spacial score (nSPS) is 10.8. The van der Waals surface area contributed by atoms with Gasteiger partial charge >= 0.3 is 0 Å². The molecule has 0 spiro atoms. The van der Waals surface area contributed by atoms with Gasteiger partial charge in [0.15, 0.2) is 0 Å². The molecule has 0 atom stereocenters. The van der Waals surface area contributed by atoms with Crippen LogP contribution >= 0.6 is 0 Å². The van der Waals surface area contributed by atoms with E-state index in [9.17, 15) is 18.4 Å². The van der Waals surface area contributed by atoms with Crippen molar-refractivity contribution in [3.8, 4) is 29.0 Å². The van der Waals surface area contributed by atoms with Crippen molar-refractivity contribution in [3.05, 3.63) is 84.1 Å². The van der Waals surface area contributed by atoms with E-state index >= 15 is 0 Å². The quantitative estimate of drug-likeness (QED) is 0.0463. The Morgan fingerprint density at radius 2 is 1.26 bits per heavy atom. The first-order valence-electron chi connectivity index (χ1n) is 14.5. The van der Waals surface area contributed by atoms with Gasteiger partial charge in [-0.2, -0.15) is 5.26 Å². The van der Waals surface area contributed by atoms with Crippen molar-refractivity contribution in [2.45, 2.75) is 51.4 Å². The van der Waals surface area contributed by atoms with Crippen LogP contribution in [0.3, 0.4) is 0 Å². The number of unbranched alkanes of at least 4 members (excludes halogenated alkanes) is 1. The number of oxazole rings is 2. The minimum absolute atomic E-state index is 0.0794. The maximum absolute atomic E-state index is 12.9. The third-order valence-corrected chi connectivity index (χ3v) is 6.35. The SMILES string of the molecule is N#CCCCNC(=O)CCc1coc(-c2ccc(F)cc2)n1.N/C(CCCNC(=O)CCc1coc(-c2ccc(F)cc2)n1)=N\O. The number of carbonyl (C=O) groups excluding carboxylic acids is 2. The van der Waals surface area contributed by atoms with Gasteiger partial charge in [0.05, 0.1) is 17.5 Å². The number of nitrogens with one attached hydrogen (secondary N) is 2. The maximum Gasteiger partial charge on any atom is 0.226 e. The van der Waals surface area contributed by atoms with E-state index in [2.05, 4.69) is 25.8 Å². The van der Waals surface area contributed by atoms with E-state index in [4.69, 9.17) is 25.0 Å². The molecule has 4 aromatic rings. The number of benzene rings is 2. The number of nitrogens with two attached hydrogens (primary N) is 1. The predicted octanol–water partition coefficient (Wildman–Crippen LogP) is 4.89. The van der Waals surface area contributed by atoms with Crippen LogP contribution in [0, 0.1) is 23.0 Å². The zero-order valence-electron chi connectivity index (χ0n) is 25.0. The lowest BCUT2D eigenvalue weighted by Gasteiger charge is -2.03.